The summed E-state index contributed by atoms with van der Waals surface area (Å²) in [7, 11) is 0. The number of hydrogen-bond acceptors (Lipinski definition) is 4. The summed E-state index contributed by atoms with van der Waals surface area (Å²) in [5.41, 5.74) is 9.49. The zero-order valence-electron chi connectivity index (χ0n) is 24.0. The average molecular weight is 569 g/mol. The standard InChI is InChI=1S/C40H28N2O2/c1-5-13-27-23(9-1)17-19-31(39-41-37-29-15-7-3-11-25(29)21-33(37)43-39)35(27)36-28-14-6-2-10-24(28)18-20-32(36)40-42-38-30-16-8-4-12-26(30)22-34(38)44-40/h1-20,33-34,37-38H,21-22H2/t33-,34-,37+,38+/m1/s1. The summed E-state index contributed by atoms with van der Waals surface area (Å²) in [6, 6.07) is 43.3. The highest BCUT2D eigenvalue weighted by molar-refractivity contribution is 6.19. The van der Waals surface area contributed by atoms with E-state index in [9.17, 15) is 0 Å². The van der Waals surface area contributed by atoms with Gasteiger partial charge in [0.05, 0.1) is 0 Å². The largest absolute Gasteiger partial charge is 0.471 e. The highest BCUT2D eigenvalue weighted by atomic mass is 16.5. The summed E-state index contributed by atoms with van der Waals surface area (Å²) >= 11 is 0. The zero-order chi connectivity index (χ0) is 28.8. The number of ether oxygens (including phenoxy) is 2. The fraction of sp³-hybridized carbons (Fsp3) is 0.150. The van der Waals surface area contributed by atoms with Crippen LogP contribution in [0.4, 0.5) is 0 Å². The first-order valence-electron chi connectivity index (χ1n) is 15.5. The predicted octanol–water partition coefficient (Wildman–Crippen LogP) is 8.55. The third-order valence-electron chi connectivity index (χ3n) is 9.90. The molecule has 0 spiro atoms. The molecule has 210 valence electrons. The van der Waals surface area contributed by atoms with Crippen LogP contribution in [0.5, 0.6) is 0 Å². The topological polar surface area (TPSA) is 43.2 Å². The van der Waals surface area contributed by atoms with Crippen LogP contribution in [0.3, 0.4) is 0 Å². The van der Waals surface area contributed by atoms with E-state index < -0.39 is 0 Å². The number of hydrogen-bond donors (Lipinski definition) is 0. The Morgan fingerprint density at radius 3 is 1.39 bits per heavy atom. The molecule has 4 aliphatic rings. The maximum absolute atomic E-state index is 6.73. The molecule has 0 N–H and O–H groups in total. The third-order valence-corrected chi connectivity index (χ3v) is 9.90. The lowest BCUT2D eigenvalue weighted by Gasteiger charge is -2.20. The Balaban J connectivity index is 1.22. The van der Waals surface area contributed by atoms with E-state index in [2.05, 4.69) is 121 Å². The number of nitrogens with zero attached hydrogens (tertiary/aromatic N) is 2. The van der Waals surface area contributed by atoms with Crippen LogP contribution >= 0.6 is 0 Å². The summed E-state index contributed by atoms with van der Waals surface area (Å²) in [4.78, 5) is 10.5. The molecule has 4 nitrogen and oxygen atoms in total. The first-order chi connectivity index (χ1) is 21.8. The first-order valence-corrected chi connectivity index (χ1v) is 15.5. The van der Waals surface area contributed by atoms with Crippen LogP contribution in [0, 0.1) is 0 Å². The molecule has 0 aromatic heterocycles. The van der Waals surface area contributed by atoms with Gasteiger partial charge in [-0.05, 0) is 55.9 Å². The monoisotopic (exact) mass is 568 g/mol. The second-order valence-corrected chi connectivity index (χ2v) is 12.3. The van der Waals surface area contributed by atoms with E-state index in [1.54, 1.807) is 0 Å². The SMILES string of the molecule is c1ccc2c(c1)C[C@H]1OC(c3ccc4ccccc4c3-c3c(C4=N[C@H]5c6ccccc6C[C@H]5O4)ccc4ccccc34)=N[C@@H]21. The van der Waals surface area contributed by atoms with Crippen LogP contribution in [0.2, 0.25) is 0 Å². The van der Waals surface area contributed by atoms with Gasteiger partial charge in [-0.15, -0.1) is 0 Å². The minimum atomic E-state index is 0.0227. The van der Waals surface area contributed by atoms with Crippen molar-refractivity contribution < 1.29 is 9.47 Å². The molecule has 44 heavy (non-hydrogen) atoms. The number of aliphatic imine (C=N–C) groups is 2. The summed E-state index contributed by atoms with van der Waals surface area (Å²) in [5.74, 6) is 1.43. The van der Waals surface area contributed by atoms with Crippen LogP contribution < -0.4 is 0 Å². The van der Waals surface area contributed by atoms with E-state index in [4.69, 9.17) is 19.5 Å². The van der Waals surface area contributed by atoms with Crippen molar-refractivity contribution in [2.24, 2.45) is 9.98 Å². The fourth-order valence-corrected chi connectivity index (χ4v) is 7.90. The molecule has 0 unspecified atom stereocenters. The van der Waals surface area contributed by atoms with Crippen molar-refractivity contribution >= 4 is 33.3 Å². The molecule has 4 atom stereocenters. The van der Waals surface area contributed by atoms with Crippen LogP contribution in [0.25, 0.3) is 32.7 Å². The van der Waals surface area contributed by atoms with Gasteiger partial charge in [0.15, 0.2) is 0 Å². The molecule has 2 heterocycles. The Hall–Kier alpha value is -5.22. The van der Waals surface area contributed by atoms with Gasteiger partial charge in [0, 0.05) is 35.1 Å². The maximum Gasteiger partial charge on any atom is 0.217 e. The minimum Gasteiger partial charge on any atom is -0.471 e. The van der Waals surface area contributed by atoms with Gasteiger partial charge in [-0.1, -0.05) is 109 Å². The smallest absolute Gasteiger partial charge is 0.217 e. The van der Waals surface area contributed by atoms with Gasteiger partial charge in [0.1, 0.15) is 24.3 Å². The molecule has 0 bridgehead atoms. The minimum absolute atomic E-state index is 0.0227. The van der Waals surface area contributed by atoms with Crippen LogP contribution in [0.1, 0.15) is 45.5 Å². The highest BCUT2D eigenvalue weighted by Gasteiger charge is 2.42. The predicted molar refractivity (Wildman–Crippen MR) is 175 cm³/mol. The van der Waals surface area contributed by atoms with E-state index in [-0.39, 0.29) is 24.3 Å². The molecule has 2 aliphatic carbocycles. The second-order valence-electron chi connectivity index (χ2n) is 12.3. The Kier molecular flexibility index (Phi) is 5.04. The van der Waals surface area contributed by atoms with E-state index in [1.807, 2.05) is 0 Å². The van der Waals surface area contributed by atoms with Crippen molar-refractivity contribution in [1.82, 2.24) is 0 Å². The Labute approximate surface area is 255 Å². The summed E-state index contributed by atoms with van der Waals surface area (Å²) in [6.07, 6.45) is 1.81. The van der Waals surface area contributed by atoms with Crippen molar-refractivity contribution in [2.75, 3.05) is 0 Å². The van der Waals surface area contributed by atoms with Crippen LogP contribution in [0.15, 0.2) is 131 Å². The van der Waals surface area contributed by atoms with Crippen molar-refractivity contribution in [2.45, 2.75) is 37.1 Å². The summed E-state index contributed by atoms with van der Waals surface area (Å²) in [6.45, 7) is 0. The van der Waals surface area contributed by atoms with Crippen LogP contribution in [-0.4, -0.2) is 24.0 Å². The molecule has 0 radical (unpaired) electrons. The molecule has 6 aromatic carbocycles. The van der Waals surface area contributed by atoms with Crippen molar-refractivity contribution in [3.8, 4) is 11.1 Å². The van der Waals surface area contributed by atoms with Crippen molar-refractivity contribution in [3.63, 3.8) is 0 Å². The zero-order valence-corrected chi connectivity index (χ0v) is 24.0. The molecular weight excluding hydrogens is 540 g/mol. The number of benzene rings is 6. The van der Waals surface area contributed by atoms with Crippen molar-refractivity contribution in [3.05, 3.63) is 155 Å². The molecule has 10 rings (SSSR count). The van der Waals surface area contributed by atoms with Gasteiger partial charge in [-0.25, -0.2) is 9.98 Å². The number of rotatable bonds is 3. The Morgan fingerprint density at radius 2 is 0.886 bits per heavy atom. The van der Waals surface area contributed by atoms with Gasteiger partial charge in [0.2, 0.25) is 11.8 Å². The van der Waals surface area contributed by atoms with E-state index in [0.717, 1.165) is 45.9 Å². The number of fused-ring (bicyclic) bond motifs is 8. The molecule has 0 saturated carbocycles. The van der Waals surface area contributed by atoms with Crippen LogP contribution in [-0.2, 0) is 22.3 Å². The van der Waals surface area contributed by atoms with E-state index in [0.29, 0.717) is 11.8 Å². The van der Waals surface area contributed by atoms with E-state index >= 15 is 0 Å². The highest BCUT2D eigenvalue weighted by Crippen LogP contribution is 2.47. The molecule has 0 fully saturated rings. The second kappa shape index (κ2) is 9.14. The molecule has 2 aliphatic heterocycles. The normalized spacial score (nSPS) is 22.5. The average Bonchev–Trinajstić information content (AvgIpc) is 3.83. The Morgan fingerprint density at radius 1 is 0.455 bits per heavy atom. The Bertz CT molecular complexity index is 2070. The van der Waals surface area contributed by atoms with Gasteiger partial charge in [0.25, 0.3) is 0 Å². The summed E-state index contributed by atoms with van der Waals surface area (Å²) in [5, 5.41) is 4.68. The van der Waals surface area contributed by atoms with Gasteiger partial charge < -0.3 is 9.47 Å². The fourth-order valence-electron chi connectivity index (χ4n) is 7.90. The molecular formula is C40H28N2O2. The van der Waals surface area contributed by atoms with Crippen molar-refractivity contribution in [1.29, 1.82) is 0 Å². The lowest BCUT2D eigenvalue weighted by Crippen LogP contribution is -2.15. The third kappa shape index (κ3) is 3.45. The van der Waals surface area contributed by atoms with Gasteiger partial charge in [-0.3, -0.25) is 0 Å². The maximum atomic E-state index is 6.73. The molecule has 6 aromatic rings. The molecule has 4 heteroatoms. The lowest BCUT2D eigenvalue weighted by atomic mass is 9.87. The van der Waals surface area contributed by atoms with Gasteiger partial charge in [-0.2, -0.15) is 0 Å². The van der Waals surface area contributed by atoms with Gasteiger partial charge >= 0.3 is 0 Å². The first kappa shape index (κ1) is 24.2. The quantitative estimate of drug-likeness (QED) is 0.215. The molecule has 0 saturated heterocycles. The molecule has 0 amide bonds. The lowest BCUT2D eigenvalue weighted by molar-refractivity contribution is 0.206. The van der Waals surface area contributed by atoms with E-state index in [1.165, 1.54) is 33.0 Å². The summed E-state index contributed by atoms with van der Waals surface area (Å²) < 4.78 is 13.5.